The molecule has 2 amide bonds. The predicted molar refractivity (Wildman–Crippen MR) is 104 cm³/mol. The summed E-state index contributed by atoms with van der Waals surface area (Å²) < 4.78 is 15.1. The van der Waals surface area contributed by atoms with Crippen LogP contribution in [0.1, 0.15) is 40.0 Å². The number of halogens is 1. The molecule has 3 N–H and O–H groups in total. The van der Waals surface area contributed by atoms with E-state index in [4.69, 9.17) is 17.3 Å². The molecule has 0 aliphatic carbocycles. The van der Waals surface area contributed by atoms with Crippen molar-refractivity contribution >= 4 is 51.1 Å². The first-order valence-corrected chi connectivity index (χ1v) is 10.4. The van der Waals surface area contributed by atoms with Crippen molar-refractivity contribution in [3.8, 4) is 0 Å². The minimum Gasteiger partial charge on any atom is -0.592 e. The van der Waals surface area contributed by atoms with Crippen LogP contribution in [0.25, 0.3) is 0 Å². The zero-order chi connectivity index (χ0) is 18.7. The summed E-state index contributed by atoms with van der Waals surface area (Å²) in [5.74, 6) is -1.13. The van der Waals surface area contributed by atoms with Gasteiger partial charge in [0.25, 0.3) is 11.8 Å². The number of amides is 2. The van der Waals surface area contributed by atoms with Crippen molar-refractivity contribution in [2.24, 2.45) is 5.73 Å². The number of nitrogens with zero attached hydrogens (tertiary/aromatic N) is 1. The fourth-order valence-electron chi connectivity index (χ4n) is 2.70. The van der Waals surface area contributed by atoms with Crippen molar-refractivity contribution in [2.45, 2.75) is 23.5 Å². The average Bonchev–Trinajstić information content (AvgIpc) is 3.06. The number of nitrogens with one attached hydrogen (secondary N) is 1. The van der Waals surface area contributed by atoms with Crippen molar-refractivity contribution in [1.29, 1.82) is 0 Å². The summed E-state index contributed by atoms with van der Waals surface area (Å²) in [5, 5.41) is 3.25. The molecule has 1 aromatic heterocycles. The maximum absolute atomic E-state index is 12.8. The third-order valence-corrected chi connectivity index (χ3v) is 7.19. The Morgan fingerprint density at radius 2 is 1.88 bits per heavy atom. The van der Waals surface area contributed by atoms with Gasteiger partial charge in [-0.15, -0.1) is 4.31 Å². The van der Waals surface area contributed by atoms with Gasteiger partial charge in [0, 0.05) is 19.2 Å². The van der Waals surface area contributed by atoms with Crippen molar-refractivity contribution in [2.75, 3.05) is 18.4 Å². The zero-order valence-electron chi connectivity index (χ0n) is 13.9. The van der Waals surface area contributed by atoms with Gasteiger partial charge >= 0.3 is 0 Å². The molecule has 26 heavy (non-hydrogen) atoms. The molecule has 0 radical (unpaired) electrons. The maximum atomic E-state index is 12.8. The third kappa shape index (κ3) is 4.21. The van der Waals surface area contributed by atoms with E-state index in [0.29, 0.717) is 9.23 Å². The summed E-state index contributed by atoms with van der Waals surface area (Å²) in [6, 6.07) is 8.11. The number of benzene rings is 1. The Bertz CT molecular complexity index is 821. The second-order valence-corrected chi connectivity index (χ2v) is 9.02. The summed E-state index contributed by atoms with van der Waals surface area (Å²) in [7, 11) is 0. The van der Waals surface area contributed by atoms with E-state index in [1.165, 1.54) is 6.07 Å². The van der Waals surface area contributed by atoms with Crippen LogP contribution in [0, 0.1) is 0 Å². The van der Waals surface area contributed by atoms with Crippen LogP contribution in [0.5, 0.6) is 0 Å². The number of rotatable bonds is 5. The summed E-state index contributed by atoms with van der Waals surface area (Å²) in [4.78, 5) is 24.2. The van der Waals surface area contributed by atoms with Crippen LogP contribution < -0.4 is 11.1 Å². The Morgan fingerprint density at radius 1 is 1.19 bits per heavy atom. The van der Waals surface area contributed by atoms with Gasteiger partial charge in [0.15, 0.2) is 0 Å². The van der Waals surface area contributed by atoms with E-state index in [1.54, 1.807) is 24.3 Å². The summed E-state index contributed by atoms with van der Waals surface area (Å²) >= 11 is 5.77. The van der Waals surface area contributed by atoms with Gasteiger partial charge in [-0.2, -0.15) is 0 Å². The minimum atomic E-state index is -1.37. The molecule has 1 saturated heterocycles. The van der Waals surface area contributed by atoms with Crippen LogP contribution in [-0.2, 0) is 11.4 Å². The van der Waals surface area contributed by atoms with Crippen LogP contribution in [0.2, 0.25) is 5.02 Å². The number of hydrogen-bond acceptors (Lipinski definition) is 5. The van der Waals surface area contributed by atoms with Gasteiger partial charge in [-0.1, -0.05) is 41.5 Å². The van der Waals surface area contributed by atoms with Crippen molar-refractivity contribution in [3.63, 3.8) is 0 Å². The molecular formula is C17H18ClN3O3S2. The van der Waals surface area contributed by atoms with E-state index in [9.17, 15) is 14.1 Å². The van der Waals surface area contributed by atoms with Crippen LogP contribution in [0.3, 0.4) is 0 Å². The molecule has 1 atom stereocenters. The number of carbonyl (C=O) groups excluding carboxylic acids is 2. The van der Waals surface area contributed by atoms with Gasteiger partial charge in [-0.25, -0.2) is 0 Å². The van der Waals surface area contributed by atoms with Crippen LogP contribution in [0.15, 0.2) is 34.5 Å². The molecular weight excluding hydrogens is 394 g/mol. The fourth-order valence-corrected chi connectivity index (χ4v) is 5.63. The molecule has 2 heterocycles. The molecule has 1 fully saturated rings. The second kappa shape index (κ2) is 8.41. The SMILES string of the molecule is NC(=O)c1cc([S+]([O-])N2CCCCC2)sc1NC(=O)c1ccccc1Cl. The van der Waals surface area contributed by atoms with E-state index in [2.05, 4.69) is 5.32 Å². The number of anilines is 1. The van der Waals surface area contributed by atoms with Crippen molar-refractivity contribution < 1.29 is 14.1 Å². The lowest BCUT2D eigenvalue weighted by molar-refractivity contribution is 0.100. The van der Waals surface area contributed by atoms with Crippen LogP contribution >= 0.6 is 22.9 Å². The Kier molecular flexibility index (Phi) is 6.20. The monoisotopic (exact) mass is 411 g/mol. The van der Waals surface area contributed by atoms with E-state index in [0.717, 1.165) is 43.7 Å². The van der Waals surface area contributed by atoms with Gasteiger partial charge in [0.05, 0.1) is 27.5 Å². The van der Waals surface area contributed by atoms with Gasteiger partial charge in [0.2, 0.25) is 4.21 Å². The Morgan fingerprint density at radius 3 is 2.54 bits per heavy atom. The van der Waals surface area contributed by atoms with E-state index >= 15 is 0 Å². The normalized spacial score (nSPS) is 16.2. The molecule has 6 nitrogen and oxygen atoms in total. The van der Waals surface area contributed by atoms with Gasteiger partial charge in [-0.05, 0) is 25.0 Å². The highest BCUT2D eigenvalue weighted by Gasteiger charge is 2.29. The molecule has 0 spiro atoms. The first-order valence-electron chi connectivity index (χ1n) is 8.13. The fraction of sp³-hybridized carbons (Fsp3) is 0.294. The smallest absolute Gasteiger partial charge is 0.257 e. The quantitative estimate of drug-likeness (QED) is 0.737. The number of piperidine rings is 1. The molecule has 1 aliphatic rings. The molecule has 0 bridgehead atoms. The second-order valence-electron chi connectivity index (χ2n) is 5.85. The zero-order valence-corrected chi connectivity index (χ0v) is 16.3. The largest absolute Gasteiger partial charge is 0.592 e. The summed E-state index contributed by atoms with van der Waals surface area (Å²) in [6.07, 6.45) is 3.12. The molecule has 1 aromatic carbocycles. The Hall–Kier alpha value is -1.58. The van der Waals surface area contributed by atoms with E-state index in [1.807, 2.05) is 4.31 Å². The van der Waals surface area contributed by atoms with Crippen LogP contribution in [0.4, 0.5) is 5.00 Å². The minimum absolute atomic E-state index is 0.149. The van der Waals surface area contributed by atoms with Gasteiger partial charge < -0.3 is 15.6 Å². The predicted octanol–water partition coefficient (Wildman–Crippen LogP) is 3.26. The summed E-state index contributed by atoms with van der Waals surface area (Å²) in [6.45, 7) is 1.50. The molecule has 0 saturated carbocycles. The highest BCUT2D eigenvalue weighted by Crippen LogP contribution is 2.34. The Labute approximate surface area is 163 Å². The van der Waals surface area contributed by atoms with E-state index in [-0.39, 0.29) is 16.1 Å². The molecule has 3 rings (SSSR count). The number of nitrogens with two attached hydrogens (primary N) is 1. The highest BCUT2D eigenvalue weighted by atomic mass is 35.5. The molecule has 1 aliphatic heterocycles. The lowest BCUT2D eigenvalue weighted by atomic mass is 10.2. The summed E-state index contributed by atoms with van der Waals surface area (Å²) in [5.41, 5.74) is 5.87. The van der Waals surface area contributed by atoms with Gasteiger partial charge in [-0.3, -0.25) is 9.59 Å². The topological polar surface area (TPSA) is 98.5 Å². The number of carbonyl (C=O) groups is 2. The van der Waals surface area contributed by atoms with E-state index < -0.39 is 23.2 Å². The maximum Gasteiger partial charge on any atom is 0.257 e. The third-order valence-electron chi connectivity index (χ3n) is 4.04. The first-order chi connectivity index (χ1) is 12.5. The first kappa shape index (κ1) is 19.2. The molecule has 138 valence electrons. The number of primary amides is 1. The molecule has 9 heteroatoms. The number of thiophene rings is 1. The Balaban J connectivity index is 1.84. The highest BCUT2D eigenvalue weighted by molar-refractivity contribution is 7.91. The van der Waals surface area contributed by atoms with Crippen molar-refractivity contribution in [1.82, 2.24) is 4.31 Å². The lowest BCUT2D eigenvalue weighted by Crippen LogP contribution is -2.35. The lowest BCUT2D eigenvalue weighted by Gasteiger charge is -2.26. The van der Waals surface area contributed by atoms with Crippen LogP contribution in [-0.4, -0.2) is 33.8 Å². The average molecular weight is 412 g/mol. The number of hydrogen-bond donors (Lipinski definition) is 2. The van der Waals surface area contributed by atoms with Crippen molar-refractivity contribution in [3.05, 3.63) is 46.5 Å². The molecule has 2 aromatic rings. The molecule has 1 unspecified atom stereocenters. The van der Waals surface area contributed by atoms with Gasteiger partial charge in [0.1, 0.15) is 5.00 Å². The standard InChI is InChI=1S/C17H18ClN3O3S2/c18-13-7-3-2-6-11(13)16(23)20-17-12(15(19)22)10-14(25-17)26(24)21-8-4-1-5-9-21/h2-3,6-7,10H,1,4-5,8-9H2,(H2,19,22)(H,20,23).